The van der Waals surface area contributed by atoms with Gasteiger partial charge in [0.15, 0.2) is 0 Å². The molecular weight excluding hydrogens is 212 g/mol. The van der Waals surface area contributed by atoms with Gasteiger partial charge in [0.05, 0.1) is 17.9 Å². The molecule has 6 heteroatoms. The molecule has 1 aromatic rings. The van der Waals surface area contributed by atoms with Gasteiger partial charge in [0, 0.05) is 26.3 Å². The number of aromatic nitrogens is 1. The zero-order chi connectivity index (χ0) is 12.1. The van der Waals surface area contributed by atoms with Gasteiger partial charge in [-0.05, 0) is 6.07 Å². The van der Waals surface area contributed by atoms with Crippen LogP contribution in [0.3, 0.4) is 0 Å². The second-order valence-electron chi connectivity index (χ2n) is 3.32. The molecule has 0 bridgehead atoms. The Kier molecular flexibility index (Phi) is 4.07. The molecule has 0 aliphatic heterocycles. The molecule has 0 spiro atoms. The van der Waals surface area contributed by atoms with Gasteiger partial charge in [-0.2, -0.15) is 0 Å². The van der Waals surface area contributed by atoms with Crippen LogP contribution in [0.4, 0.5) is 0 Å². The summed E-state index contributed by atoms with van der Waals surface area (Å²) in [6.45, 7) is 0.550. The average Bonchev–Trinajstić information content (AvgIpc) is 2.59. The minimum atomic E-state index is -1.01. The number of nitrogens with zero attached hydrogens (tertiary/aromatic N) is 1. The summed E-state index contributed by atoms with van der Waals surface area (Å²) in [7, 11) is 1.48. The quantitative estimate of drug-likeness (QED) is 0.724. The van der Waals surface area contributed by atoms with Gasteiger partial charge in [-0.25, -0.2) is 4.79 Å². The van der Waals surface area contributed by atoms with Gasteiger partial charge in [-0.15, -0.1) is 0 Å². The van der Waals surface area contributed by atoms with Crippen LogP contribution >= 0.6 is 0 Å². The van der Waals surface area contributed by atoms with Gasteiger partial charge in [0.2, 0.25) is 5.91 Å². The molecule has 1 rings (SSSR count). The smallest absolute Gasteiger partial charge is 0.337 e. The average molecular weight is 226 g/mol. The van der Waals surface area contributed by atoms with E-state index in [-0.39, 0.29) is 18.6 Å². The Balaban J connectivity index is 2.90. The summed E-state index contributed by atoms with van der Waals surface area (Å²) >= 11 is 0. The van der Waals surface area contributed by atoms with Gasteiger partial charge in [-0.3, -0.25) is 4.79 Å². The Hall–Kier alpha value is -1.82. The zero-order valence-corrected chi connectivity index (χ0v) is 8.97. The van der Waals surface area contributed by atoms with Crippen molar-refractivity contribution < 1.29 is 19.4 Å². The number of hydrogen-bond acceptors (Lipinski definition) is 3. The molecule has 0 atom stereocenters. The van der Waals surface area contributed by atoms with Crippen molar-refractivity contribution in [3.63, 3.8) is 0 Å². The molecule has 0 radical (unpaired) electrons. The monoisotopic (exact) mass is 226 g/mol. The van der Waals surface area contributed by atoms with Gasteiger partial charge >= 0.3 is 5.97 Å². The van der Waals surface area contributed by atoms with Crippen molar-refractivity contribution >= 4 is 11.9 Å². The first-order valence-electron chi connectivity index (χ1n) is 4.74. The molecule has 0 unspecified atom stereocenters. The highest BCUT2D eigenvalue weighted by atomic mass is 16.5. The molecule has 1 amide bonds. The van der Waals surface area contributed by atoms with E-state index in [4.69, 9.17) is 15.6 Å². The van der Waals surface area contributed by atoms with E-state index >= 15 is 0 Å². The van der Waals surface area contributed by atoms with Crippen molar-refractivity contribution in [2.45, 2.75) is 19.6 Å². The minimum absolute atomic E-state index is 0.171. The van der Waals surface area contributed by atoms with Gasteiger partial charge < -0.3 is 20.1 Å². The van der Waals surface area contributed by atoms with E-state index in [9.17, 15) is 9.59 Å². The largest absolute Gasteiger partial charge is 0.478 e. The number of aromatic carboxylic acids is 1. The molecule has 1 aromatic heterocycles. The Morgan fingerprint density at radius 2 is 2.25 bits per heavy atom. The molecule has 0 saturated heterocycles. The lowest BCUT2D eigenvalue weighted by atomic mass is 10.2. The van der Waals surface area contributed by atoms with E-state index in [2.05, 4.69) is 0 Å². The number of carboxylic acid groups (broad SMARTS) is 1. The summed E-state index contributed by atoms with van der Waals surface area (Å²) in [5, 5.41) is 8.92. The number of rotatable bonds is 6. The summed E-state index contributed by atoms with van der Waals surface area (Å²) in [6, 6.07) is 1.48. The number of carboxylic acids is 1. The predicted octanol–water partition coefficient (Wildman–Crippen LogP) is 0.208. The molecular formula is C10H14N2O4. The fraction of sp³-hybridized carbons (Fsp3) is 0.400. The van der Waals surface area contributed by atoms with Crippen LogP contribution in [0.5, 0.6) is 0 Å². The Bertz CT molecular complexity index is 398. The van der Waals surface area contributed by atoms with E-state index in [0.717, 1.165) is 0 Å². The number of carbonyl (C=O) groups excluding carboxylic acids is 1. The summed E-state index contributed by atoms with van der Waals surface area (Å²) in [4.78, 5) is 21.5. The third-order valence-electron chi connectivity index (χ3n) is 2.19. The summed E-state index contributed by atoms with van der Waals surface area (Å²) in [6.07, 6.45) is 1.78. The molecule has 88 valence electrons. The molecule has 0 aliphatic rings. The SMILES string of the molecule is COCc1c(C(=O)O)ccn1CCC(N)=O. The molecule has 0 fully saturated rings. The van der Waals surface area contributed by atoms with Gasteiger partial charge in [-0.1, -0.05) is 0 Å². The lowest BCUT2D eigenvalue weighted by Gasteiger charge is -2.08. The van der Waals surface area contributed by atoms with Gasteiger partial charge in [0.25, 0.3) is 0 Å². The van der Waals surface area contributed by atoms with Gasteiger partial charge in [0.1, 0.15) is 0 Å². The Morgan fingerprint density at radius 3 is 2.75 bits per heavy atom. The van der Waals surface area contributed by atoms with Crippen molar-refractivity contribution in [1.29, 1.82) is 0 Å². The number of methoxy groups -OCH3 is 1. The Labute approximate surface area is 92.6 Å². The third kappa shape index (κ3) is 2.83. The second kappa shape index (κ2) is 5.32. The fourth-order valence-electron chi connectivity index (χ4n) is 1.44. The maximum atomic E-state index is 10.9. The number of hydrogen-bond donors (Lipinski definition) is 2. The van der Waals surface area contributed by atoms with Crippen LogP contribution in [-0.4, -0.2) is 28.7 Å². The van der Waals surface area contributed by atoms with Crippen molar-refractivity contribution in [3.8, 4) is 0 Å². The molecule has 16 heavy (non-hydrogen) atoms. The van der Waals surface area contributed by atoms with E-state index in [1.54, 1.807) is 10.8 Å². The van der Waals surface area contributed by atoms with E-state index in [0.29, 0.717) is 12.2 Å². The minimum Gasteiger partial charge on any atom is -0.478 e. The normalized spacial score (nSPS) is 10.3. The number of amides is 1. The summed E-state index contributed by atoms with van der Waals surface area (Å²) < 4.78 is 6.59. The van der Waals surface area contributed by atoms with Crippen LogP contribution in [-0.2, 0) is 22.7 Å². The maximum absolute atomic E-state index is 10.9. The molecule has 3 N–H and O–H groups in total. The second-order valence-corrected chi connectivity index (χ2v) is 3.32. The van der Waals surface area contributed by atoms with Crippen molar-refractivity contribution in [2.24, 2.45) is 5.73 Å². The molecule has 0 aliphatic carbocycles. The first-order chi connectivity index (χ1) is 7.56. The van der Waals surface area contributed by atoms with E-state index in [1.165, 1.54) is 13.2 Å². The van der Waals surface area contributed by atoms with Crippen LogP contribution in [0, 0.1) is 0 Å². The molecule has 1 heterocycles. The number of ether oxygens (including phenoxy) is 1. The third-order valence-corrected chi connectivity index (χ3v) is 2.19. The van der Waals surface area contributed by atoms with Crippen LogP contribution in [0.1, 0.15) is 22.5 Å². The topological polar surface area (TPSA) is 94.6 Å². The predicted molar refractivity (Wildman–Crippen MR) is 55.9 cm³/mol. The first kappa shape index (κ1) is 12.3. The standard InChI is InChI=1S/C10H14N2O4/c1-16-6-8-7(10(14)15)2-4-12(8)5-3-9(11)13/h2,4H,3,5-6H2,1H3,(H2,11,13)(H,14,15). The van der Waals surface area contributed by atoms with Crippen molar-refractivity contribution in [3.05, 3.63) is 23.5 Å². The molecule has 6 nitrogen and oxygen atoms in total. The van der Waals surface area contributed by atoms with Crippen LogP contribution < -0.4 is 5.73 Å². The van der Waals surface area contributed by atoms with E-state index in [1.807, 2.05) is 0 Å². The number of aryl methyl sites for hydroxylation is 1. The highest BCUT2D eigenvalue weighted by molar-refractivity contribution is 5.89. The Morgan fingerprint density at radius 1 is 1.56 bits per heavy atom. The highest BCUT2D eigenvalue weighted by Crippen LogP contribution is 2.13. The number of nitrogens with two attached hydrogens (primary N) is 1. The summed E-state index contributed by atoms with van der Waals surface area (Å²) in [5.74, 6) is -1.43. The number of primary amides is 1. The van der Waals surface area contributed by atoms with Crippen LogP contribution in [0.2, 0.25) is 0 Å². The van der Waals surface area contributed by atoms with Crippen molar-refractivity contribution in [1.82, 2.24) is 4.57 Å². The zero-order valence-electron chi connectivity index (χ0n) is 8.97. The van der Waals surface area contributed by atoms with Crippen molar-refractivity contribution in [2.75, 3.05) is 7.11 Å². The maximum Gasteiger partial charge on any atom is 0.337 e. The first-order valence-corrected chi connectivity index (χ1v) is 4.74. The highest BCUT2D eigenvalue weighted by Gasteiger charge is 2.14. The molecule has 0 aromatic carbocycles. The number of carbonyl (C=O) groups is 2. The van der Waals surface area contributed by atoms with E-state index < -0.39 is 11.9 Å². The summed E-state index contributed by atoms with van der Waals surface area (Å²) in [5.41, 5.74) is 5.76. The lowest BCUT2D eigenvalue weighted by Crippen LogP contribution is -2.15. The van der Waals surface area contributed by atoms with Crippen LogP contribution in [0.15, 0.2) is 12.3 Å². The fourth-order valence-corrected chi connectivity index (χ4v) is 1.44. The lowest BCUT2D eigenvalue weighted by molar-refractivity contribution is -0.118. The van der Waals surface area contributed by atoms with Crippen LogP contribution in [0.25, 0.3) is 0 Å². The molecule has 0 saturated carbocycles.